The van der Waals surface area contributed by atoms with Crippen LogP contribution >= 0.6 is 11.3 Å². The smallest absolute Gasteiger partial charge is 0.358 e. The molecule has 1 heterocycles. The maximum absolute atomic E-state index is 11.6. The molecule has 6 heteroatoms. The molecule has 0 saturated heterocycles. The van der Waals surface area contributed by atoms with E-state index in [1.54, 1.807) is 0 Å². The Morgan fingerprint density at radius 1 is 1.53 bits per heavy atom. The fourth-order valence-electron chi connectivity index (χ4n) is 2.03. The molecule has 104 valence electrons. The number of anilines is 1. The third-order valence-electron chi connectivity index (χ3n) is 3.43. The maximum atomic E-state index is 11.6. The quantitative estimate of drug-likeness (QED) is 0.612. The SMILES string of the molecule is COC(=O)c1nc(N(C)CC2CC2C)sc1C(C)=O. The normalized spacial score (nSPS) is 21.1. The molecular weight excluding hydrogens is 264 g/mol. The second kappa shape index (κ2) is 5.28. The Bertz CT molecular complexity index is 512. The number of hydrogen-bond donors (Lipinski definition) is 0. The average molecular weight is 282 g/mol. The van der Waals surface area contributed by atoms with E-state index in [-0.39, 0.29) is 11.5 Å². The van der Waals surface area contributed by atoms with Crippen LogP contribution < -0.4 is 4.90 Å². The lowest BCUT2D eigenvalue weighted by molar-refractivity contribution is 0.0591. The zero-order valence-corrected chi connectivity index (χ0v) is 12.4. The highest BCUT2D eigenvalue weighted by Gasteiger charge is 2.34. The Labute approximate surface area is 116 Å². The van der Waals surface area contributed by atoms with Gasteiger partial charge in [0.15, 0.2) is 16.6 Å². The Morgan fingerprint density at radius 2 is 2.16 bits per heavy atom. The molecule has 1 aromatic rings. The first-order valence-electron chi connectivity index (χ1n) is 6.25. The number of carbonyl (C=O) groups excluding carboxylic acids is 2. The lowest BCUT2D eigenvalue weighted by atomic mass is 10.3. The number of Topliss-reactive ketones (excluding diaryl/α,β-unsaturated/α-hetero) is 1. The predicted octanol–water partition coefficient (Wildman–Crippen LogP) is 2.22. The average Bonchev–Trinajstić information content (AvgIpc) is 2.90. The van der Waals surface area contributed by atoms with Gasteiger partial charge in [-0.3, -0.25) is 4.79 Å². The van der Waals surface area contributed by atoms with Gasteiger partial charge in [-0.15, -0.1) is 0 Å². The number of thiazole rings is 1. The third-order valence-corrected chi connectivity index (χ3v) is 4.70. The van der Waals surface area contributed by atoms with Gasteiger partial charge in [-0.1, -0.05) is 18.3 Å². The van der Waals surface area contributed by atoms with Crippen LogP contribution in [0.3, 0.4) is 0 Å². The fraction of sp³-hybridized carbons (Fsp3) is 0.615. The summed E-state index contributed by atoms with van der Waals surface area (Å²) in [5, 5.41) is 0.699. The second-order valence-electron chi connectivity index (χ2n) is 5.08. The molecule has 1 aliphatic carbocycles. The second-order valence-corrected chi connectivity index (χ2v) is 6.05. The molecule has 2 unspecified atom stereocenters. The summed E-state index contributed by atoms with van der Waals surface area (Å²) >= 11 is 1.25. The van der Waals surface area contributed by atoms with Gasteiger partial charge < -0.3 is 9.64 Å². The minimum absolute atomic E-state index is 0.130. The topological polar surface area (TPSA) is 59.5 Å². The molecule has 5 nitrogen and oxygen atoms in total. The summed E-state index contributed by atoms with van der Waals surface area (Å²) in [7, 11) is 3.23. The van der Waals surface area contributed by atoms with E-state index >= 15 is 0 Å². The van der Waals surface area contributed by atoms with Gasteiger partial charge >= 0.3 is 5.97 Å². The van der Waals surface area contributed by atoms with Gasteiger partial charge in [0.25, 0.3) is 0 Å². The van der Waals surface area contributed by atoms with Crippen molar-refractivity contribution in [1.82, 2.24) is 4.98 Å². The van der Waals surface area contributed by atoms with Gasteiger partial charge in [0, 0.05) is 20.5 Å². The summed E-state index contributed by atoms with van der Waals surface area (Å²) in [5.74, 6) is 0.740. The Hall–Kier alpha value is -1.43. The number of carbonyl (C=O) groups is 2. The van der Waals surface area contributed by atoms with Crippen LogP contribution in [0.15, 0.2) is 0 Å². The van der Waals surface area contributed by atoms with Gasteiger partial charge in [-0.25, -0.2) is 9.78 Å². The zero-order valence-electron chi connectivity index (χ0n) is 11.6. The Balaban J connectivity index is 2.21. The number of nitrogens with zero attached hydrogens (tertiary/aromatic N) is 2. The van der Waals surface area contributed by atoms with E-state index in [0.29, 0.717) is 15.9 Å². The van der Waals surface area contributed by atoms with E-state index in [1.807, 2.05) is 11.9 Å². The van der Waals surface area contributed by atoms with Gasteiger partial charge in [0.1, 0.15) is 4.88 Å². The zero-order chi connectivity index (χ0) is 14.2. The molecule has 0 amide bonds. The van der Waals surface area contributed by atoms with E-state index in [0.717, 1.165) is 12.5 Å². The standard InChI is InChI=1S/C13H18N2O3S/c1-7-5-9(7)6-15(3)13-14-10(12(17)18-4)11(19-13)8(2)16/h7,9H,5-6H2,1-4H3. The van der Waals surface area contributed by atoms with Crippen molar-refractivity contribution >= 4 is 28.2 Å². The highest BCUT2D eigenvalue weighted by molar-refractivity contribution is 7.17. The lowest BCUT2D eigenvalue weighted by Crippen LogP contribution is -2.20. The summed E-state index contributed by atoms with van der Waals surface area (Å²) < 4.78 is 4.67. The van der Waals surface area contributed by atoms with Crippen molar-refractivity contribution in [1.29, 1.82) is 0 Å². The van der Waals surface area contributed by atoms with Crippen molar-refractivity contribution in [3.8, 4) is 0 Å². The monoisotopic (exact) mass is 282 g/mol. The molecule has 1 aliphatic rings. The third kappa shape index (κ3) is 2.94. The first-order valence-corrected chi connectivity index (χ1v) is 7.07. The van der Waals surface area contributed by atoms with Crippen molar-refractivity contribution in [2.24, 2.45) is 11.8 Å². The molecule has 0 spiro atoms. The molecule has 1 saturated carbocycles. The van der Waals surface area contributed by atoms with Crippen molar-refractivity contribution in [3.05, 3.63) is 10.6 Å². The fourth-order valence-corrected chi connectivity index (χ4v) is 2.95. The first kappa shape index (κ1) is 14.0. The number of ether oxygens (including phenoxy) is 1. The summed E-state index contributed by atoms with van der Waals surface area (Å²) in [5.41, 5.74) is 0.130. The highest BCUT2D eigenvalue weighted by Crippen LogP contribution is 2.39. The van der Waals surface area contributed by atoms with Crippen LogP contribution in [-0.2, 0) is 4.74 Å². The van der Waals surface area contributed by atoms with Crippen molar-refractivity contribution < 1.29 is 14.3 Å². The van der Waals surface area contributed by atoms with Crippen LogP contribution in [0.25, 0.3) is 0 Å². The van der Waals surface area contributed by atoms with Gasteiger partial charge in [0.05, 0.1) is 7.11 Å². The van der Waals surface area contributed by atoms with Gasteiger partial charge in [0.2, 0.25) is 0 Å². The Morgan fingerprint density at radius 3 is 2.63 bits per heavy atom. The summed E-state index contributed by atoms with van der Waals surface area (Å²) in [4.78, 5) is 29.8. The molecule has 2 atom stereocenters. The molecule has 2 rings (SSSR count). The van der Waals surface area contributed by atoms with Crippen LogP contribution in [-0.4, -0.2) is 37.4 Å². The molecule has 1 aromatic heterocycles. The molecule has 0 aliphatic heterocycles. The number of hydrogen-bond acceptors (Lipinski definition) is 6. The van der Waals surface area contributed by atoms with Gasteiger partial charge in [-0.05, 0) is 18.3 Å². The minimum Gasteiger partial charge on any atom is -0.464 e. The summed E-state index contributed by atoms with van der Waals surface area (Å²) in [6.07, 6.45) is 1.24. The molecule has 0 radical (unpaired) electrons. The maximum Gasteiger partial charge on any atom is 0.358 e. The van der Waals surface area contributed by atoms with Crippen LogP contribution in [0, 0.1) is 11.8 Å². The molecule has 19 heavy (non-hydrogen) atoms. The molecule has 0 N–H and O–H groups in total. The summed E-state index contributed by atoms with van der Waals surface area (Å²) in [6.45, 7) is 4.57. The summed E-state index contributed by atoms with van der Waals surface area (Å²) in [6, 6.07) is 0. The van der Waals surface area contributed by atoms with E-state index in [4.69, 9.17) is 0 Å². The van der Waals surface area contributed by atoms with Crippen molar-refractivity contribution in [3.63, 3.8) is 0 Å². The first-order chi connectivity index (χ1) is 8.93. The molecule has 0 bridgehead atoms. The van der Waals surface area contributed by atoms with E-state index in [9.17, 15) is 9.59 Å². The minimum atomic E-state index is -0.555. The Kier molecular flexibility index (Phi) is 3.89. The van der Waals surface area contributed by atoms with Crippen molar-refractivity contribution in [2.75, 3.05) is 25.6 Å². The van der Waals surface area contributed by atoms with Crippen molar-refractivity contribution in [2.45, 2.75) is 20.3 Å². The largest absolute Gasteiger partial charge is 0.464 e. The van der Waals surface area contributed by atoms with E-state index in [1.165, 1.54) is 31.8 Å². The van der Waals surface area contributed by atoms with Crippen LogP contribution in [0.1, 0.15) is 40.4 Å². The van der Waals surface area contributed by atoms with Gasteiger partial charge in [-0.2, -0.15) is 0 Å². The van der Waals surface area contributed by atoms with E-state index < -0.39 is 5.97 Å². The van der Waals surface area contributed by atoms with Crippen LogP contribution in [0.2, 0.25) is 0 Å². The number of rotatable bonds is 5. The highest BCUT2D eigenvalue weighted by atomic mass is 32.1. The number of esters is 1. The number of aromatic nitrogens is 1. The van der Waals surface area contributed by atoms with Crippen LogP contribution in [0.4, 0.5) is 5.13 Å². The van der Waals surface area contributed by atoms with E-state index in [2.05, 4.69) is 16.6 Å². The predicted molar refractivity (Wildman–Crippen MR) is 74.0 cm³/mol. The molecular formula is C13H18N2O3S. The molecule has 0 aromatic carbocycles. The van der Waals surface area contributed by atoms with Crippen LogP contribution in [0.5, 0.6) is 0 Å². The number of methoxy groups -OCH3 is 1. The molecule has 1 fully saturated rings. The number of ketones is 1. The lowest BCUT2D eigenvalue weighted by Gasteiger charge is -2.14.